The van der Waals surface area contributed by atoms with Crippen LogP contribution in [0.5, 0.6) is 0 Å². The molecular formula is C14H20N2O2S. The molecule has 1 aromatic rings. The zero-order valence-electron chi connectivity index (χ0n) is 11.4. The van der Waals surface area contributed by atoms with E-state index < -0.39 is 0 Å². The zero-order valence-corrected chi connectivity index (χ0v) is 12.2. The number of hydrogen-bond donors (Lipinski definition) is 1. The van der Waals surface area contributed by atoms with E-state index in [-0.39, 0.29) is 23.9 Å². The van der Waals surface area contributed by atoms with Gasteiger partial charge in [0.2, 0.25) is 0 Å². The highest BCUT2D eigenvalue weighted by molar-refractivity contribution is 7.18. The number of hydrogen-bond acceptors (Lipinski definition) is 5. The van der Waals surface area contributed by atoms with Gasteiger partial charge in [-0.3, -0.25) is 4.79 Å². The smallest absolute Gasteiger partial charge is 0.178 e. The molecular weight excluding hydrogens is 260 g/mol. The highest BCUT2D eigenvalue weighted by Crippen LogP contribution is 2.40. The number of rotatable bonds is 3. The zero-order chi connectivity index (χ0) is 13.6. The molecule has 0 spiro atoms. The number of nitrogens with zero attached hydrogens (tertiary/aromatic N) is 1. The number of ether oxygens (including phenoxy) is 1. The minimum atomic E-state index is 0.217. The fourth-order valence-corrected chi connectivity index (χ4v) is 3.75. The topological polar surface area (TPSA) is 55.6 Å². The lowest BCUT2D eigenvalue weighted by Gasteiger charge is -2.35. The van der Waals surface area contributed by atoms with Crippen molar-refractivity contribution in [3.63, 3.8) is 0 Å². The Morgan fingerprint density at radius 3 is 2.58 bits per heavy atom. The van der Waals surface area contributed by atoms with E-state index in [4.69, 9.17) is 10.5 Å². The third-order valence-electron chi connectivity index (χ3n) is 3.65. The third-order valence-corrected chi connectivity index (χ3v) is 4.88. The molecule has 1 saturated heterocycles. The molecule has 3 rings (SSSR count). The van der Waals surface area contributed by atoms with E-state index in [1.807, 2.05) is 6.07 Å². The van der Waals surface area contributed by atoms with Crippen molar-refractivity contribution in [2.24, 2.45) is 5.92 Å². The van der Waals surface area contributed by atoms with Gasteiger partial charge in [-0.25, -0.2) is 0 Å². The number of Topliss-reactive ketones (excluding diaryl/α,β-unsaturated/α-hetero) is 1. The Hall–Kier alpha value is -1.07. The van der Waals surface area contributed by atoms with Gasteiger partial charge in [0.15, 0.2) is 5.78 Å². The van der Waals surface area contributed by atoms with Gasteiger partial charge in [-0.05, 0) is 32.8 Å². The van der Waals surface area contributed by atoms with E-state index in [0.29, 0.717) is 5.69 Å². The molecule has 19 heavy (non-hydrogen) atoms. The Morgan fingerprint density at radius 2 is 2.00 bits per heavy atom. The number of nitrogens with two attached hydrogens (primary N) is 1. The lowest BCUT2D eigenvalue weighted by Crippen LogP contribution is -2.45. The summed E-state index contributed by atoms with van der Waals surface area (Å²) in [5.74, 6) is 0.472. The minimum absolute atomic E-state index is 0.217. The van der Waals surface area contributed by atoms with Crippen LogP contribution in [0, 0.1) is 5.92 Å². The van der Waals surface area contributed by atoms with Gasteiger partial charge in [0.05, 0.1) is 27.8 Å². The Labute approximate surface area is 117 Å². The van der Waals surface area contributed by atoms with Crippen LogP contribution in [-0.2, 0) is 4.74 Å². The number of thiophene rings is 1. The summed E-state index contributed by atoms with van der Waals surface area (Å²) in [4.78, 5) is 15.2. The van der Waals surface area contributed by atoms with Crippen molar-refractivity contribution in [1.82, 2.24) is 0 Å². The molecule has 2 heterocycles. The maximum atomic E-state index is 12.1. The second-order valence-corrected chi connectivity index (χ2v) is 6.70. The van der Waals surface area contributed by atoms with Crippen LogP contribution >= 0.6 is 11.3 Å². The van der Waals surface area contributed by atoms with E-state index in [1.54, 1.807) is 11.3 Å². The fourth-order valence-electron chi connectivity index (χ4n) is 2.63. The van der Waals surface area contributed by atoms with Crippen LogP contribution in [0.4, 0.5) is 10.7 Å². The summed E-state index contributed by atoms with van der Waals surface area (Å²) in [6.45, 7) is 5.88. The molecule has 0 aromatic carbocycles. The second-order valence-electron chi connectivity index (χ2n) is 5.67. The Morgan fingerprint density at radius 1 is 1.37 bits per heavy atom. The first-order valence-corrected chi connectivity index (χ1v) is 7.70. The molecule has 1 saturated carbocycles. The Bertz CT molecular complexity index is 486. The molecule has 2 fully saturated rings. The number of carbonyl (C=O) groups is 1. The molecule has 0 amide bonds. The second kappa shape index (κ2) is 4.80. The van der Waals surface area contributed by atoms with Crippen molar-refractivity contribution in [1.29, 1.82) is 0 Å². The Balaban J connectivity index is 1.81. The van der Waals surface area contributed by atoms with Crippen LogP contribution in [0.25, 0.3) is 0 Å². The van der Waals surface area contributed by atoms with E-state index in [2.05, 4.69) is 18.7 Å². The van der Waals surface area contributed by atoms with E-state index in [9.17, 15) is 4.79 Å². The molecule has 2 aliphatic rings. The summed E-state index contributed by atoms with van der Waals surface area (Å²) in [5, 5.41) is 1.10. The summed E-state index contributed by atoms with van der Waals surface area (Å²) < 4.78 is 5.74. The monoisotopic (exact) mass is 280 g/mol. The molecule has 1 aliphatic carbocycles. The predicted octanol–water partition coefficient (Wildman–Crippen LogP) is 2.54. The molecule has 0 bridgehead atoms. The first-order valence-electron chi connectivity index (χ1n) is 6.88. The summed E-state index contributed by atoms with van der Waals surface area (Å²) in [6, 6.07) is 1.95. The molecule has 0 radical (unpaired) electrons. The van der Waals surface area contributed by atoms with Crippen LogP contribution in [0.3, 0.4) is 0 Å². The number of morpholine rings is 1. The fraction of sp³-hybridized carbons (Fsp3) is 0.643. The highest BCUT2D eigenvalue weighted by Gasteiger charge is 2.33. The van der Waals surface area contributed by atoms with Gasteiger partial charge in [0.1, 0.15) is 0 Å². The van der Waals surface area contributed by atoms with Crippen LogP contribution in [0.2, 0.25) is 0 Å². The van der Waals surface area contributed by atoms with Gasteiger partial charge >= 0.3 is 0 Å². The largest absolute Gasteiger partial charge is 0.397 e. The van der Waals surface area contributed by atoms with Gasteiger partial charge in [-0.1, -0.05) is 0 Å². The minimum Gasteiger partial charge on any atom is -0.397 e. The molecule has 2 atom stereocenters. The van der Waals surface area contributed by atoms with E-state index >= 15 is 0 Å². The van der Waals surface area contributed by atoms with Gasteiger partial charge in [0, 0.05) is 19.0 Å². The summed E-state index contributed by atoms with van der Waals surface area (Å²) in [7, 11) is 0. The SMILES string of the molecule is C[C@@H]1CN(c2cc(N)c(C(=O)C3CC3)s2)C[C@H](C)O1. The standard InChI is InChI=1S/C14H20N2O2S/c1-8-6-16(7-9(2)18-8)12-5-11(15)14(19-12)13(17)10-3-4-10/h5,8-10H,3-4,6-7,15H2,1-2H3/t8-,9+. The van der Waals surface area contributed by atoms with Gasteiger partial charge in [0.25, 0.3) is 0 Å². The van der Waals surface area contributed by atoms with E-state index in [0.717, 1.165) is 35.8 Å². The average molecular weight is 280 g/mol. The quantitative estimate of drug-likeness (QED) is 0.864. The van der Waals surface area contributed by atoms with Crippen molar-refractivity contribution in [3.8, 4) is 0 Å². The predicted molar refractivity (Wildman–Crippen MR) is 78.0 cm³/mol. The van der Waals surface area contributed by atoms with Crippen LogP contribution in [0.15, 0.2) is 6.07 Å². The van der Waals surface area contributed by atoms with Crippen LogP contribution in [-0.4, -0.2) is 31.1 Å². The molecule has 5 heteroatoms. The van der Waals surface area contributed by atoms with E-state index in [1.165, 1.54) is 0 Å². The normalized spacial score (nSPS) is 27.6. The van der Waals surface area contributed by atoms with Crippen molar-refractivity contribution in [2.75, 3.05) is 23.7 Å². The lowest BCUT2D eigenvalue weighted by molar-refractivity contribution is -0.00500. The van der Waals surface area contributed by atoms with Gasteiger partial charge in [-0.15, -0.1) is 11.3 Å². The Kier molecular flexibility index (Phi) is 3.27. The van der Waals surface area contributed by atoms with Crippen molar-refractivity contribution < 1.29 is 9.53 Å². The third kappa shape index (κ3) is 2.62. The maximum absolute atomic E-state index is 12.1. The number of ketones is 1. The first-order chi connectivity index (χ1) is 9.04. The first kappa shape index (κ1) is 12.9. The maximum Gasteiger partial charge on any atom is 0.178 e. The number of anilines is 2. The lowest BCUT2D eigenvalue weighted by atomic mass is 10.2. The van der Waals surface area contributed by atoms with Crippen molar-refractivity contribution in [2.45, 2.75) is 38.9 Å². The highest BCUT2D eigenvalue weighted by atomic mass is 32.1. The van der Waals surface area contributed by atoms with Gasteiger partial charge in [-0.2, -0.15) is 0 Å². The van der Waals surface area contributed by atoms with Crippen molar-refractivity contribution >= 4 is 27.8 Å². The number of carbonyl (C=O) groups excluding carboxylic acids is 1. The van der Waals surface area contributed by atoms with Crippen LogP contribution < -0.4 is 10.6 Å². The summed E-state index contributed by atoms with van der Waals surface area (Å²) in [6.07, 6.45) is 2.48. The molecule has 1 aromatic heterocycles. The molecule has 1 aliphatic heterocycles. The molecule has 2 N–H and O–H groups in total. The molecule has 0 unspecified atom stereocenters. The molecule has 4 nitrogen and oxygen atoms in total. The van der Waals surface area contributed by atoms with Gasteiger partial charge < -0.3 is 15.4 Å². The summed E-state index contributed by atoms with van der Waals surface area (Å²) >= 11 is 1.54. The molecule has 104 valence electrons. The van der Waals surface area contributed by atoms with Crippen molar-refractivity contribution in [3.05, 3.63) is 10.9 Å². The average Bonchev–Trinajstić information content (AvgIpc) is 3.10. The van der Waals surface area contributed by atoms with Crippen LogP contribution in [0.1, 0.15) is 36.4 Å². The summed E-state index contributed by atoms with van der Waals surface area (Å²) in [5.41, 5.74) is 6.66. The number of nitrogen functional groups attached to an aromatic ring is 1.